The molecule has 1 aromatic heterocycles. The van der Waals surface area contributed by atoms with Gasteiger partial charge in [0.05, 0.1) is 11.7 Å². The van der Waals surface area contributed by atoms with E-state index in [1.54, 1.807) is 6.20 Å². The highest BCUT2D eigenvalue weighted by Gasteiger charge is 2.39. The zero-order chi connectivity index (χ0) is 16.6. The van der Waals surface area contributed by atoms with Gasteiger partial charge in [-0.1, -0.05) is 54.6 Å². The number of rotatable bonds is 2. The van der Waals surface area contributed by atoms with Crippen LogP contribution in [-0.2, 0) is 0 Å². The number of ether oxygens (including phenoxy) is 1. The lowest BCUT2D eigenvalue weighted by molar-refractivity contribution is -0.0328. The Bertz CT molecular complexity index is 924. The molecule has 0 amide bonds. The molecule has 0 fully saturated rings. The summed E-state index contributed by atoms with van der Waals surface area (Å²) in [4.78, 5) is 4.26. The van der Waals surface area contributed by atoms with Crippen LogP contribution in [0.15, 0.2) is 85.2 Å². The van der Waals surface area contributed by atoms with Crippen LogP contribution in [0.3, 0.4) is 0 Å². The van der Waals surface area contributed by atoms with Crippen LogP contribution in [0.1, 0.15) is 29.0 Å². The first kappa shape index (κ1) is 14.3. The number of nitrogens with one attached hydrogen (secondary N) is 1. The summed E-state index contributed by atoms with van der Waals surface area (Å²) >= 11 is 0. The molecule has 2 aromatic carbocycles. The number of aromatic nitrogens is 1. The largest absolute Gasteiger partial charge is 0.469 e. The molecule has 0 saturated carbocycles. The Morgan fingerprint density at radius 3 is 2.60 bits per heavy atom. The Kier molecular flexibility index (Phi) is 3.28. The Hall–Kier alpha value is -3.11. The molecular weight excluding hydrogens is 310 g/mol. The Labute approximate surface area is 146 Å². The fraction of sp³-hybridized carbons (Fsp3) is 0.0952. The van der Waals surface area contributed by atoms with Crippen LogP contribution >= 0.6 is 0 Å². The quantitative estimate of drug-likeness (QED) is 0.770. The fourth-order valence-electron chi connectivity index (χ4n) is 3.47. The molecule has 3 heterocycles. The van der Waals surface area contributed by atoms with E-state index in [1.807, 2.05) is 36.5 Å². The van der Waals surface area contributed by atoms with Crippen molar-refractivity contribution in [3.63, 3.8) is 0 Å². The second-order valence-corrected chi connectivity index (χ2v) is 6.20. The first-order chi connectivity index (χ1) is 12.4. The van der Waals surface area contributed by atoms with Crippen LogP contribution in [0.4, 0.5) is 0 Å². The molecule has 5 rings (SSSR count). The first-order valence-corrected chi connectivity index (χ1v) is 8.38. The molecule has 2 aliphatic rings. The highest BCUT2D eigenvalue weighted by Crippen LogP contribution is 2.45. The molecule has 0 bridgehead atoms. The van der Waals surface area contributed by atoms with Crippen molar-refractivity contribution in [1.29, 1.82) is 0 Å². The van der Waals surface area contributed by atoms with Crippen molar-refractivity contribution in [3.05, 3.63) is 102 Å². The van der Waals surface area contributed by atoms with Gasteiger partial charge < -0.3 is 10.2 Å². The van der Waals surface area contributed by atoms with Gasteiger partial charge in [-0.2, -0.15) is 5.01 Å². The van der Waals surface area contributed by atoms with E-state index in [9.17, 15) is 0 Å². The van der Waals surface area contributed by atoms with E-state index in [0.29, 0.717) is 0 Å². The van der Waals surface area contributed by atoms with Gasteiger partial charge in [-0.25, -0.2) is 0 Å². The Balaban J connectivity index is 1.60. The highest BCUT2D eigenvalue weighted by atomic mass is 16.5. The van der Waals surface area contributed by atoms with Crippen molar-refractivity contribution in [3.8, 4) is 5.75 Å². The van der Waals surface area contributed by atoms with E-state index >= 15 is 0 Å². The van der Waals surface area contributed by atoms with E-state index in [0.717, 1.165) is 17.0 Å². The molecule has 2 unspecified atom stereocenters. The predicted octanol–water partition coefficient (Wildman–Crippen LogP) is 4.08. The van der Waals surface area contributed by atoms with Crippen LogP contribution in [0.25, 0.3) is 5.70 Å². The van der Waals surface area contributed by atoms with Crippen LogP contribution < -0.4 is 10.2 Å². The second-order valence-electron chi connectivity index (χ2n) is 6.20. The molecule has 122 valence electrons. The van der Waals surface area contributed by atoms with Crippen LogP contribution in [0.2, 0.25) is 0 Å². The second kappa shape index (κ2) is 5.76. The van der Waals surface area contributed by atoms with E-state index in [-0.39, 0.29) is 12.3 Å². The van der Waals surface area contributed by atoms with Gasteiger partial charge in [-0.3, -0.25) is 4.98 Å². The van der Waals surface area contributed by atoms with E-state index in [4.69, 9.17) is 4.74 Å². The minimum absolute atomic E-state index is 0.116. The first-order valence-electron chi connectivity index (χ1n) is 8.38. The summed E-state index contributed by atoms with van der Waals surface area (Å²) in [5.74, 6) is 0.921. The zero-order valence-electron chi connectivity index (χ0n) is 13.5. The molecular formula is C21H17N3O. The number of fused-ring (bicyclic) bond motifs is 3. The maximum absolute atomic E-state index is 6.31. The molecule has 2 aliphatic heterocycles. The predicted molar refractivity (Wildman–Crippen MR) is 96.2 cm³/mol. The lowest BCUT2D eigenvalue weighted by Crippen LogP contribution is -2.43. The van der Waals surface area contributed by atoms with E-state index in [1.165, 1.54) is 11.1 Å². The van der Waals surface area contributed by atoms with Crippen molar-refractivity contribution >= 4 is 5.70 Å². The van der Waals surface area contributed by atoms with Crippen molar-refractivity contribution in [2.24, 2.45) is 0 Å². The molecule has 25 heavy (non-hydrogen) atoms. The summed E-state index contributed by atoms with van der Waals surface area (Å²) in [7, 11) is 0. The topological polar surface area (TPSA) is 37.4 Å². The molecule has 3 aromatic rings. The number of pyridine rings is 1. The highest BCUT2D eigenvalue weighted by molar-refractivity contribution is 5.67. The lowest BCUT2D eigenvalue weighted by atomic mass is 10.0. The summed E-state index contributed by atoms with van der Waals surface area (Å²) in [6, 6.07) is 22.7. The van der Waals surface area contributed by atoms with Gasteiger partial charge >= 0.3 is 0 Å². The summed E-state index contributed by atoms with van der Waals surface area (Å²) in [5, 5.41) is 2.15. The van der Waals surface area contributed by atoms with Gasteiger partial charge in [0.15, 0.2) is 6.23 Å². The SMILES string of the molecule is C1=C(c2ccccc2)NN2C1c1ccccc1OC2c1cccnc1. The minimum atomic E-state index is -0.230. The minimum Gasteiger partial charge on any atom is -0.469 e. The number of benzene rings is 2. The summed E-state index contributed by atoms with van der Waals surface area (Å²) in [6.45, 7) is 0. The van der Waals surface area contributed by atoms with Crippen molar-refractivity contribution in [1.82, 2.24) is 15.4 Å². The average Bonchev–Trinajstić information content (AvgIpc) is 3.14. The van der Waals surface area contributed by atoms with Gasteiger partial charge in [-0.05, 0) is 23.8 Å². The number of hydrazine groups is 1. The summed E-state index contributed by atoms with van der Waals surface area (Å²) in [6.07, 6.45) is 5.67. The maximum Gasteiger partial charge on any atom is 0.197 e. The van der Waals surface area contributed by atoms with Gasteiger partial charge in [0, 0.05) is 23.5 Å². The van der Waals surface area contributed by atoms with Gasteiger partial charge in [0.25, 0.3) is 0 Å². The van der Waals surface area contributed by atoms with Crippen LogP contribution in [0, 0.1) is 0 Å². The number of nitrogens with zero attached hydrogens (tertiary/aromatic N) is 2. The monoisotopic (exact) mass is 327 g/mol. The fourth-order valence-corrected chi connectivity index (χ4v) is 3.47. The van der Waals surface area contributed by atoms with E-state index < -0.39 is 0 Å². The number of hydrogen-bond donors (Lipinski definition) is 1. The molecule has 0 radical (unpaired) electrons. The van der Waals surface area contributed by atoms with Crippen LogP contribution in [-0.4, -0.2) is 9.99 Å². The summed E-state index contributed by atoms with van der Waals surface area (Å²) in [5.41, 5.74) is 8.00. The standard InChI is InChI=1S/C21H17N3O/c1-2-7-15(8-3-1)18-13-19-17-10-4-5-11-20(17)25-21(24(19)23-18)16-9-6-12-22-14-16/h1-14,19,21,23H. The van der Waals surface area contributed by atoms with Gasteiger partial charge in [0.2, 0.25) is 0 Å². The summed E-state index contributed by atoms with van der Waals surface area (Å²) < 4.78 is 6.31. The van der Waals surface area contributed by atoms with Crippen molar-refractivity contribution < 1.29 is 4.74 Å². The van der Waals surface area contributed by atoms with E-state index in [2.05, 4.69) is 57.9 Å². The van der Waals surface area contributed by atoms with Gasteiger partial charge in [0.1, 0.15) is 5.75 Å². The smallest absolute Gasteiger partial charge is 0.197 e. The van der Waals surface area contributed by atoms with Crippen molar-refractivity contribution in [2.75, 3.05) is 0 Å². The zero-order valence-corrected chi connectivity index (χ0v) is 13.5. The van der Waals surface area contributed by atoms with Crippen molar-refractivity contribution in [2.45, 2.75) is 12.3 Å². The normalized spacial score (nSPS) is 21.5. The Morgan fingerprint density at radius 2 is 1.76 bits per heavy atom. The molecule has 2 atom stereocenters. The Morgan fingerprint density at radius 1 is 0.920 bits per heavy atom. The maximum atomic E-state index is 6.31. The molecule has 4 nitrogen and oxygen atoms in total. The molecule has 1 N–H and O–H groups in total. The van der Waals surface area contributed by atoms with Gasteiger partial charge in [-0.15, -0.1) is 0 Å². The third-order valence-corrected chi connectivity index (χ3v) is 4.66. The molecule has 0 saturated heterocycles. The molecule has 4 heteroatoms. The molecule has 0 spiro atoms. The number of hydrogen-bond acceptors (Lipinski definition) is 4. The molecule has 0 aliphatic carbocycles. The lowest BCUT2D eigenvalue weighted by Gasteiger charge is -2.38. The average molecular weight is 327 g/mol. The van der Waals surface area contributed by atoms with Crippen LogP contribution in [0.5, 0.6) is 5.75 Å². The third kappa shape index (κ3) is 2.39. The third-order valence-electron chi connectivity index (χ3n) is 4.66. The number of para-hydroxylation sites is 1.